The van der Waals surface area contributed by atoms with Gasteiger partial charge in [0.05, 0.1) is 0 Å². The molecule has 23 heavy (non-hydrogen) atoms. The minimum atomic E-state index is 0.305. The number of halogens is 1. The number of carbonyl (C=O) groups is 1. The van der Waals surface area contributed by atoms with E-state index in [0.29, 0.717) is 29.3 Å². The summed E-state index contributed by atoms with van der Waals surface area (Å²) in [5, 5.41) is 0. The Kier molecular flexibility index (Phi) is 3.49. The summed E-state index contributed by atoms with van der Waals surface area (Å²) in [6.45, 7) is 0. The Labute approximate surface area is 145 Å². The maximum absolute atomic E-state index is 10.7. The molecule has 0 N–H and O–H groups in total. The normalized spacial score (nSPS) is 11.0. The number of fused-ring (bicyclic) bond motifs is 1. The zero-order valence-corrected chi connectivity index (χ0v) is 14.0. The first kappa shape index (κ1) is 14.2. The zero-order valence-electron chi connectivity index (χ0n) is 11.8. The van der Waals surface area contributed by atoms with Crippen LogP contribution in [0.1, 0.15) is 10.6 Å². The van der Waals surface area contributed by atoms with Crippen LogP contribution < -0.4 is 0 Å². The summed E-state index contributed by atoms with van der Waals surface area (Å²) in [6, 6.07) is 17.0. The average molecular weight is 415 g/mol. The van der Waals surface area contributed by atoms with Gasteiger partial charge in [0, 0.05) is 14.7 Å². The van der Waals surface area contributed by atoms with Crippen LogP contribution in [0, 0.1) is 3.57 Å². The number of nitrogens with zero attached hydrogens (tertiary/aromatic N) is 1. The quantitative estimate of drug-likeness (QED) is 0.342. The van der Waals surface area contributed by atoms with Crippen LogP contribution in [-0.4, -0.2) is 11.3 Å². The predicted octanol–water partition coefficient (Wildman–Crippen LogP) is 5.17. The molecule has 0 spiro atoms. The van der Waals surface area contributed by atoms with Crippen molar-refractivity contribution in [2.24, 2.45) is 0 Å². The Morgan fingerprint density at radius 3 is 2.65 bits per heavy atom. The van der Waals surface area contributed by atoms with Crippen LogP contribution in [0.15, 0.2) is 63.4 Å². The second kappa shape index (κ2) is 5.66. The Hall–Kier alpha value is -2.41. The van der Waals surface area contributed by atoms with E-state index in [0.717, 1.165) is 20.2 Å². The minimum Gasteiger partial charge on any atom is -0.453 e. The van der Waals surface area contributed by atoms with Crippen LogP contribution in [0.2, 0.25) is 0 Å². The summed E-state index contributed by atoms with van der Waals surface area (Å²) < 4.78 is 12.4. The van der Waals surface area contributed by atoms with Crippen LogP contribution in [0.4, 0.5) is 0 Å². The number of benzene rings is 2. The van der Waals surface area contributed by atoms with Gasteiger partial charge in [0.15, 0.2) is 17.6 Å². The Balaban J connectivity index is 1.79. The Morgan fingerprint density at radius 1 is 0.957 bits per heavy atom. The predicted molar refractivity (Wildman–Crippen MR) is 95.3 cm³/mol. The topological polar surface area (TPSA) is 56.2 Å². The fourth-order valence-electron chi connectivity index (χ4n) is 2.40. The molecule has 0 aliphatic heterocycles. The lowest BCUT2D eigenvalue weighted by molar-refractivity contribution is 0.110. The van der Waals surface area contributed by atoms with Crippen molar-refractivity contribution in [3.05, 3.63) is 63.9 Å². The van der Waals surface area contributed by atoms with E-state index in [4.69, 9.17) is 8.83 Å². The van der Waals surface area contributed by atoms with Crippen molar-refractivity contribution in [2.45, 2.75) is 0 Å². The number of furan rings is 1. The standard InChI is InChI=1S/C18H10INO3/c19-13-3-1-2-12(8-13)18-20-15-9-11(4-6-17(15)23-18)16-7-5-14(10-21)22-16/h1-10H. The molecule has 0 bridgehead atoms. The molecule has 2 aromatic heterocycles. The van der Waals surface area contributed by atoms with Crippen LogP contribution >= 0.6 is 22.6 Å². The molecule has 2 aromatic carbocycles. The van der Waals surface area contributed by atoms with E-state index in [1.807, 2.05) is 42.5 Å². The molecule has 4 rings (SSSR count). The van der Waals surface area contributed by atoms with Gasteiger partial charge < -0.3 is 8.83 Å². The number of oxazole rings is 1. The Morgan fingerprint density at radius 2 is 1.87 bits per heavy atom. The maximum Gasteiger partial charge on any atom is 0.227 e. The molecule has 5 heteroatoms. The summed E-state index contributed by atoms with van der Waals surface area (Å²) in [4.78, 5) is 15.3. The van der Waals surface area contributed by atoms with Gasteiger partial charge in [0.1, 0.15) is 11.3 Å². The van der Waals surface area contributed by atoms with Gasteiger partial charge in [-0.05, 0) is 71.1 Å². The molecular formula is C18H10INO3. The van der Waals surface area contributed by atoms with Crippen LogP contribution in [0.3, 0.4) is 0 Å². The molecule has 0 unspecified atom stereocenters. The number of rotatable bonds is 3. The number of hydrogen-bond donors (Lipinski definition) is 0. The summed E-state index contributed by atoms with van der Waals surface area (Å²) in [5.41, 5.74) is 3.26. The molecular weight excluding hydrogens is 405 g/mol. The molecule has 0 amide bonds. The van der Waals surface area contributed by atoms with Crippen LogP contribution in [-0.2, 0) is 0 Å². The van der Waals surface area contributed by atoms with E-state index < -0.39 is 0 Å². The third-order valence-corrected chi connectivity index (χ3v) is 4.16. The van der Waals surface area contributed by atoms with Crippen molar-refractivity contribution in [2.75, 3.05) is 0 Å². The first-order valence-electron chi connectivity index (χ1n) is 6.95. The van der Waals surface area contributed by atoms with E-state index >= 15 is 0 Å². The summed E-state index contributed by atoms with van der Waals surface area (Å²) in [6.07, 6.45) is 0.688. The van der Waals surface area contributed by atoms with E-state index in [1.165, 1.54) is 0 Å². The largest absolute Gasteiger partial charge is 0.453 e. The van der Waals surface area contributed by atoms with Gasteiger partial charge in [-0.2, -0.15) is 0 Å². The summed E-state index contributed by atoms with van der Waals surface area (Å²) in [5.74, 6) is 1.52. The van der Waals surface area contributed by atoms with E-state index in [2.05, 4.69) is 27.6 Å². The number of aromatic nitrogens is 1. The van der Waals surface area contributed by atoms with Crippen LogP contribution in [0.25, 0.3) is 33.9 Å². The van der Waals surface area contributed by atoms with Crippen molar-refractivity contribution in [3.8, 4) is 22.8 Å². The Bertz CT molecular complexity index is 1020. The lowest BCUT2D eigenvalue weighted by Gasteiger charge is -1.95. The average Bonchev–Trinajstić information content (AvgIpc) is 3.20. The maximum atomic E-state index is 10.7. The first-order valence-corrected chi connectivity index (χ1v) is 8.03. The molecule has 0 fully saturated rings. The monoisotopic (exact) mass is 415 g/mol. The molecule has 0 radical (unpaired) electrons. The van der Waals surface area contributed by atoms with Gasteiger partial charge in [-0.3, -0.25) is 4.79 Å². The SMILES string of the molecule is O=Cc1ccc(-c2ccc3oc(-c4cccc(I)c4)nc3c2)o1. The molecule has 112 valence electrons. The number of hydrogen-bond acceptors (Lipinski definition) is 4. The fourth-order valence-corrected chi connectivity index (χ4v) is 2.94. The van der Waals surface area contributed by atoms with Gasteiger partial charge in [-0.15, -0.1) is 0 Å². The lowest BCUT2D eigenvalue weighted by atomic mass is 10.1. The molecule has 0 saturated heterocycles. The third kappa shape index (κ3) is 2.68. The van der Waals surface area contributed by atoms with Crippen molar-refractivity contribution in [1.82, 2.24) is 4.98 Å². The zero-order chi connectivity index (χ0) is 15.8. The fraction of sp³-hybridized carbons (Fsp3) is 0. The van der Waals surface area contributed by atoms with Gasteiger partial charge >= 0.3 is 0 Å². The van der Waals surface area contributed by atoms with Crippen LogP contribution in [0.5, 0.6) is 0 Å². The minimum absolute atomic E-state index is 0.305. The second-order valence-electron chi connectivity index (χ2n) is 5.03. The summed E-state index contributed by atoms with van der Waals surface area (Å²) >= 11 is 2.26. The van der Waals surface area contributed by atoms with Crippen molar-refractivity contribution < 1.29 is 13.6 Å². The highest BCUT2D eigenvalue weighted by molar-refractivity contribution is 14.1. The van der Waals surface area contributed by atoms with Crippen molar-refractivity contribution >= 4 is 40.0 Å². The second-order valence-corrected chi connectivity index (χ2v) is 6.28. The third-order valence-electron chi connectivity index (χ3n) is 3.49. The highest BCUT2D eigenvalue weighted by Crippen LogP contribution is 2.29. The number of carbonyl (C=O) groups excluding carboxylic acids is 1. The molecule has 2 heterocycles. The molecule has 0 atom stereocenters. The van der Waals surface area contributed by atoms with Crippen molar-refractivity contribution in [3.63, 3.8) is 0 Å². The van der Waals surface area contributed by atoms with Gasteiger partial charge in [-0.25, -0.2) is 4.98 Å². The van der Waals surface area contributed by atoms with Crippen molar-refractivity contribution in [1.29, 1.82) is 0 Å². The van der Waals surface area contributed by atoms with Gasteiger partial charge in [0.25, 0.3) is 0 Å². The molecule has 4 nitrogen and oxygen atoms in total. The molecule has 4 aromatic rings. The van der Waals surface area contributed by atoms with Gasteiger partial charge in [-0.1, -0.05) is 6.07 Å². The van der Waals surface area contributed by atoms with E-state index in [-0.39, 0.29) is 0 Å². The smallest absolute Gasteiger partial charge is 0.227 e. The molecule has 0 aliphatic carbocycles. The highest BCUT2D eigenvalue weighted by Gasteiger charge is 2.11. The lowest BCUT2D eigenvalue weighted by Crippen LogP contribution is -1.78. The summed E-state index contributed by atoms with van der Waals surface area (Å²) in [7, 11) is 0. The molecule has 0 saturated carbocycles. The van der Waals surface area contributed by atoms with Gasteiger partial charge in [0.2, 0.25) is 5.89 Å². The van der Waals surface area contributed by atoms with E-state index in [1.54, 1.807) is 12.1 Å². The first-order chi connectivity index (χ1) is 11.2. The highest BCUT2D eigenvalue weighted by atomic mass is 127. The van der Waals surface area contributed by atoms with E-state index in [9.17, 15) is 4.79 Å². The molecule has 0 aliphatic rings. The number of aldehydes is 1.